The quantitative estimate of drug-likeness (QED) is 0.595. The molecule has 6 nitrogen and oxygen atoms in total. The zero-order chi connectivity index (χ0) is 18.8. The van der Waals surface area contributed by atoms with Crippen molar-refractivity contribution in [2.45, 2.75) is 27.7 Å². The Labute approximate surface area is 161 Å². The van der Waals surface area contributed by atoms with Crippen LogP contribution in [0.5, 0.6) is 0 Å². The average Bonchev–Trinajstić information content (AvgIpc) is 3.28. The normalized spacial score (nSPS) is 19.4. The molecule has 2 heterocycles. The molecule has 0 fully saturated rings. The second-order valence-corrected chi connectivity index (χ2v) is 7.80. The van der Waals surface area contributed by atoms with E-state index in [-0.39, 0.29) is 11.5 Å². The maximum Gasteiger partial charge on any atom is 0.359 e. The van der Waals surface area contributed by atoms with Gasteiger partial charge in [0.2, 0.25) is 5.78 Å². The number of carbonyl (C=O) groups is 1. The molecule has 0 aromatic carbocycles. The van der Waals surface area contributed by atoms with E-state index in [1.54, 1.807) is 12.4 Å². The van der Waals surface area contributed by atoms with Crippen LogP contribution in [0.3, 0.4) is 0 Å². The minimum absolute atomic E-state index is 0.0551. The first kappa shape index (κ1) is 18.8. The van der Waals surface area contributed by atoms with Gasteiger partial charge < -0.3 is 10.0 Å². The monoisotopic (exact) mass is 391 g/mol. The van der Waals surface area contributed by atoms with Crippen LogP contribution in [0.25, 0.3) is 5.57 Å². The third-order valence-electron chi connectivity index (χ3n) is 4.48. The number of allylic oxidation sites excluding steroid dienone is 3. The lowest BCUT2D eigenvalue weighted by Gasteiger charge is -2.20. The number of aromatic nitrogens is 1. The van der Waals surface area contributed by atoms with Gasteiger partial charge in [0.25, 0.3) is 0 Å². The van der Waals surface area contributed by atoms with Crippen LogP contribution in [-0.2, 0) is 4.79 Å². The van der Waals surface area contributed by atoms with Crippen molar-refractivity contribution in [2.24, 2.45) is 4.99 Å². The number of aliphatic hydroxyl groups excluding tert-OH is 1. The number of rotatable bonds is 6. The highest BCUT2D eigenvalue weighted by atomic mass is 32.2. The minimum atomic E-state index is -0.132. The smallest absolute Gasteiger partial charge is 0.359 e. The Hall–Kier alpha value is -1.93. The fourth-order valence-corrected chi connectivity index (χ4v) is 5.07. The van der Waals surface area contributed by atoms with E-state index in [1.807, 2.05) is 0 Å². The molecule has 8 heteroatoms. The van der Waals surface area contributed by atoms with E-state index in [9.17, 15) is 9.90 Å². The van der Waals surface area contributed by atoms with Crippen LogP contribution >= 0.6 is 23.1 Å². The zero-order valence-electron chi connectivity index (χ0n) is 15.4. The van der Waals surface area contributed by atoms with Gasteiger partial charge in [-0.2, -0.15) is 0 Å². The largest absolute Gasteiger partial charge is 0.506 e. The number of hydrogen-bond donors (Lipinski definition) is 1. The van der Waals surface area contributed by atoms with Gasteiger partial charge in [0, 0.05) is 31.0 Å². The first-order chi connectivity index (χ1) is 12.5. The molecule has 0 spiro atoms. The summed E-state index contributed by atoms with van der Waals surface area (Å²) in [7, 11) is 0. The Balaban J connectivity index is 1.90. The molecule has 0 bridgehead atoms. The SMILES string of the molecule is CCN(CC)c1ncc(C2=C(O)/C(=C3\C=NC(=[N+](CC)CC)S3)C2=O)s1. The topological polar surface area (TPSA) is 68.8 Å². The molecule has 1 N–H and O–H groups in total. The molecule has 138 valence electrons. The standard InChI is InChI=1S/C18H22N4O2S2/c1-5-21(6-2)17-19-9-11(25-17)13-15(23)14(16(13)24)12-10-20-18(26-12)22(7-3)8-4/h9-10H,5-8H2,1-4H3/p+1. The molecule has 0 saturated heterocycles. The summed E-state index contributed by atoms with van der Waals surface area (Å²) in [5, 5.41) is 12.3. The summed E-state index contributed by atoms with van der Waals surface area (Å²) in [6.45, 7) is 11.7. The van der Waals surface area contributed by atoms with Crippen molar-refractivity contribution in [3.05, 3.63) is 27.3 Å². The summed E-state index contributed by atoms with van der Waals surface area (Å²) in [6.07, 6.45) is 3.35. The van der Waals surface area contributed by atoms with E-state index >= 15 is 0 Å². The summed E-state index contributed by atoms with van der Waals surface area (Å²) in [5.41, 5.74) is 0.738. The molecule has 0 radical (unpaired) electrons. The number of ketones is 1. The van der Waals surface area contributed by atoms with E-state index < -0.39 is 0 Å². The van der Waals surface area contributed by atoms with Gasteiger partial charge in [0.05, 0.1) is 34.0 Å². The van der Waals surface area contributed by atoms with Crippen molar-refractivity contribution in [3.63, 3.8) is 0 Å². The second-order valence-electron chi connectivity index (χ2n) is 5.79. The van der Waals surface area contributed by atoms with Crippen molar-refractivity contribution < 1.29 is 14.5 Å². The molecular weight excluding hydrogens is 368 g/mol. The number of aliphatic imine (C=N–C) groups is 1. The van der Waals surface area contributed by atoms with Crippen LogP contribution < -0.4 is 4.90 Å². The van der Waals surface area contributed by atoms with Crippen molar-refractivity contribution in [2.75, 3.05) is 31.1 Å². The number of thiazole rings is 1. The lowest BCUT2D eigenvalue weighted by atomic mass is 9.87. The van der Waals surface area contributed by atoms with E-state index in [0.29, 0.717) is 20.9 Å². The van der Waals surface area contributed by atoms with Crippen LogP contribution in [0.4, 0.5) is 5.13 Å². The van der Waals surface area contributed by atoms with E-state index in [4.69, 9.17) is 0 Å². The number of carbonyl (C=O) groups excluding carboxylic acids is 1. The number of amidine groups is 1. The lowest BCUT2D eigenvalue weighted by Crippen LogP contribution is -2.22. The Morgan fingerprint density at radius 3 is 2.42 bits per heavy atom. The molecule has 26 heavy (non-hydrogen) atoms. The van der Waals surface area contributed by atoms with E-state index in [1.165, 1.54) is 23.1 Å². The Morgan fingerprint density at radius 1 is 1.15 bits per heavy atom. The number of anilines is 1. The van der Waals surface area contributed by atoms with Gasteiger partial charge in [-0.05, 0) is 32.7 Å². The van der Waals surface area contributed by atoms with Gasteiger partial charge in [-0.15, -0.1) is 0 Å². The Bertz CT molecular complexity index is 854. The maximum atomic E-state index is 12.7. The van der Waals surface area contributed by atoms with Gasteiger partial charge in [-0.3, -0.25) is 9.37 Å². The van der Waals surface area contributed by atoms with Gasteiger partial charge in [-0.1, -0.05) is 11.3 Å². The predicted molar refractivity (Wildman–Crippen MR) is 110 cm³/mol. The minimum Gasteiger partial charge on any atom is -0.506 e. The number of aliphatic hydroxyl groups is 1. The fraction of sp³-hybridized carbons (Fsp3) is 0.444. The molecule has 0 saturated carbocycles. The number of thioether (sulfide) groups is 1. The summed E-state index contributed by atoms with van der Waals surface area (Å²) < 4.78 is 2.12. The van der Waals surface area contributed by atoms with E-state index in [0.717, 1.165) is 36.5 Å². The molecule has 0 unspecified atom stereocenters. The summed E-state index contributed by atoms with van der Waals surface area (Å²) in [4.78, 5) is 25.0. The van der Waals surface area contributed by atoms with E-state index in [2.05, 4.69) is 47.1 Å². The maximum absolute atomic E-state index is 12.7. The predicted octanol–water partition coefficient (Wildman–Crippen LogP) is 3.32. The molecule has 3 rings (SSSR count). The molecule has 2 aliphatic rings. The molecule has 1 aliphatic carbocycles. The molecule has 1 aromatic heterocycles. The fourth-order valence-electron chi connectivity index (χ4n) is 2.90. The van der Waals surface area contributed by atoms with Crippen molar-refractivity contribution >= 4 is 51.0 Å². The first-order valence-electron chi connectivity index (χ1n) is 8.83. The highest BCUT2D eigenvalue weighted by molar-refractivity contribution is 8.18. The third-order valence-corrected chi connectivity index (χ3v) is 6.63. The average molecular weight is 392 g/mol. The van der Waals surface area contributed by atoms with Crippen molar-refractivity contribution in [3.8, 4) is 0 Å². The summed E-state index contributed by atoms with van der Waals surface area (Å²) in [5.74, 6) is -0.0773. The third kappa shape index (κ3) is 3.12. The molecule has 1 aromatic rings. The highest BCUT2D eigenvalue weighted by Gasteiger charge is 2.41. The molecule has 1 aliphatic heterocycles. The van der Waals surface area contributed by atoms with Gasteiger partial charge in [0.15, 0.2) is 11.3 Å². The first-order valence-corrected chi connectivity index (χ1v) is 10.5. The lowest BCUT2D eigenvalue weighted by molar-refractivity contribution is -0.518. The van der Waals surface area contributed by atoms with Crippen molar-refractivity contribution in [1.82, 2.24) is 4.98 Å². The van der Waals surface area contributed by atoms with Gasteiger partial charge in [-0.25, -0.2) is 4.98 Å². The zero-order valence-corrected chi connectivity index (χ0v) is 17.1. The van der Waals surface area contributed by atoms with Crippen LogP contribution in [0, 0.1) is 0 Å². The second kappa shape index (κ2) is 7.75. The van der Waals surface area contributed by atoms with Crippen LogP contribution in [0.2, 0.25) is 0 Å². The summed E-state index contributed by atoms with van der Waals surface area (Å²) >= 11 is 2.88. The number of hydrogen-bond acceptors (Lipinski definition) is 6. The van der Waals surface area contributed by atoms with Gasteiger partial charge in [0.1, 0.15) is 5.76 Å². The molecular formula is C18H23N4O2S2+. The van der Waals surface area contributed by atoms with Crippen molar-refractivity contribution in [1.29, 1.82) is 0 Å². The number of nitrogens with zero attached hydrogens (tertiary/aromatic N) is 4. The Morgan fingerprint density at radius 2 is 1.85 bits per heavy atom. The van der Waals surface area contributed by atoms with Crippen LogP contribution in [0.1, 0.15) is 32.6 Å². The Kier molecular flexibility index (Phi) is 5.62. The summed E-state index contributed by atoms with van der Waals surface area (Å²) in [6, 6.07) is 0. The van der Waals surface area contributed by atoms with Crippen LogP contribution in [0.15, 0.2) is 27.4 Å². The number of Topliss-reactive ketones (excluding diaryl/α,β-unsaturated/α-hetero) is 1. The highest BCUT2D eigenvalue weighted by Crippen LogP contribution is 2.43. The molecule has 0 atom stereocenters. The van der Waals surface area contributed by atoms with Gasteiger partial charge >= 0.3 is 5.17 Å². The van der Waals surface area contributed by atoms with Crippen LogP contribution in [-0.4, -0.2) is 58.0 Å². The molecule has 0 amide bonds.